The summed E-state index contributed by atoms with van der Waals surface area (Å²) in [6.07, 6.45) is 0. The predicted molar refractivity (Wildman–Crippen MR) is 45.0 cm³/mol. The Morgan fingerprint density at radius 3 is 2.00 bits per heavy atom. The Morgan fingerprint density at radius 1 is 1.07 bits per heavy atom. The second-order valence-corrected chi connectivity index (χ2v) is 6.34. The van der Waals surface area contributed by atoms with E-state index in [-0.39, 0.29) is 24.0 Å². The zero-order valence-corrected chi connectivity index (χ0v) is 10.9. The summed E-state index contributed by atoms with van der Waals surface area (Å²) < 4.78 is 27.4. The van der Waals surface area contributed by atoms with Crippen LogP contribution in [0.15, 0.2) is 0 Å². The maximum Gasteiger partial charge on any atom is 0.293 e. The van der Waals surface area contributed by atoms with Crippen LogP contribution in [0.2, 0.25) is 0 Å². The van der Waals surface area contributed by atoms with E-state index >= 15 is 0 Å². The van der Waals surface area contributed by atoms with Gasteiger partial charge >= 0.3 is 0 Å². The molecule has 0 aromatic rings. The van der Waals surface area contributed by atoms with Crippen LogP contribution in [0.1, 0.15) is 0 Å². The summed E-state index contributed by atoms with van der Waals surface area (Å²) in [4.78, 5) is 2.16. The molecule has 4 aliphatic heterocycles. The van der Waals surface area contributed by atoms with Gasteiger partial charge in [0.1, 0.15) is 6.67 Å². The molecule has 6 nitrogen and oxygen atoms in total. The van der Waals surface area contributed by atoms with Crippen molar-refractivity contribution < 1.29 is 36.9 Å². The molecule has 0 N–H and O–H groups in total. The summed E-state index contributed by atoms with van der Waals surface area (Å²) in [5.74, 6) is 0. The van der Waals surface area contributed by atoms with Gasteiger partial charge < -0.3 is 24.0 Å². The number of hydrogen-bond acceptors (Lipinski definition) is 3. The Bertz CT molecular complexity index is 337. The highest BCUT2D eigenvalue weighted by molar-refractivity contribution is 7.86. The molecule has 0 spiro atoms. The van der Waals surface area contributed by atoms with Crippen LogP contribution in [0.3, 0.4) is 0 Å². The predicted octanol–water partition coefficient (Wildman–Crippen LogP) is -4.58. The quantitative estimate of drug-likeness (QED) is 0.331. The van der Waals surface area contributed by atoms with Crippen molar-refractivity contribution in [2.75, 3.05) is 40.4 Å². The second kappa shape index (κ2) is 3.01. The lowest BCUT2D eigenvalue weighted by Gasteiger charge is -2.57. The Labute approximate surface area is 101 Å². The fourth-order valence-corrected chi connectivity index (χ4v) is 4.30. The van der Waals surface area contributed by atoms with E-state index in [1.165, 1.54) is 0 Å². The number of quaternary nitrogens is 1. The summed E-state index contributed by atoms with van der Waals surface area (Å²) in [6, 6.07) is 0. The molecular weight excluding hydrogens is 319 g/mol. The SMILES string of the molecule is C[N+]12CN3CN(C1)S(=O)(=O)N(C3)C2.[I-]. The maximum absolute atomic E-state index is 11.7. The maximum atomic E-state index is 11.7. The molecule has 4 rings (SSSR count). The molecule has 0 saturated carbocycles. The third-order valence-corrected chi connectivity index (χ3v) is 4.67. The molecule has 14 heavy (non-hydrogen) atoms. The topological polar surface area (TPSA) is 43.9 Å². The van der Waals surface area contributed by atoms with Gasteiger partial charge in [-0.2, -0.15) is 8.42 Å². The van der Waals surface area contributed by atoms with E-state index in [1.54, 1.807) is 8.61 Å². The first-order valence-electron chi connectivity index (χ1n) is 4.31. The Hall–Kier alpha value is 0.520. The Morgan fingerprint density at radius 2 is 1.57 bits per heavy atom. The molecule has 0 amide bonds. The van der Waals surface area contributed by atoms with Gasteiger partial charge in [-0.05, 0) is 0 Å². The van der Waals surface area contributed by atoms with Crippen molar-refractivity contribution in [2.45, 2.75) is 0 Å². The van der Waals surface area contributed by atoms with Gasteiger partial charge in [0.05, 0.1) is 20.4 Å². The van der Waals surface area contributed by atoms with E-state index in [1.807, 2.05) is 0 Å². The van der Waals surface area contributed by atoms with E-state index < -0.39 is 10.2 Å². The van der Waals surface area contributed by atoms with Crippen molar-refractivity contribution >= 4 is 10.2 Å². The summed E-state index contributed by atoms with van der Waals surface area (Å²) in [5.41, 5.74) is 0. The van der Waals surface area contributed by atoms with Gasteiger partial charge in [0.2, 0.25) is 0 Å². The van der Waals surface area contributed by atoms with Gasteiger partial charge in [0.25, 0.3) is 10.2 Å². The van der Waals surface area contributed by atoms with Crippen molar-refractivity contribution in [1.29, 1.82) is 0 Å². The smallest absolute Gasteiger partial charge is 0.293 e. The minimum Gasteiger partial charge on any atom is -1.00 e. The lowest BCUT2D eigenvalue weighted by atomic mass is 10.4. The third kappa shape index (κ3) is 1.32. The molecule has 0 aliphatic carbocycles. The first kappa shape index (κ1) is 11.0. The molecule has 82 valence electrons. The first-order chi connectivity index (χ1) is 6.00. The van der Waals surface area contributed by atoms with Gasteiger partial charge in [0.15, 0.2) is 13.3 Å². The highest BCUT2D eigenvalue weighted by atomic mass is 127. The number of nitrogens with zero attached hydrogens (tertiary/aromatic N) is 4. The molecule has 4 bridgehead atoms. The average molecular weight is 332 g/mol. The molecule has 2 unspecified atom stereocenters. The monoisotopic (exact) mass is 332 g/mol. The van der Waals surface area contributed by atoms with Gasteiger partial charge in [-0.3, -0.25) is 4.48 Å². The van der Waals surface area contributed by atoms with E-state index in [9.17, 15) is 8.42 Å². The van der Waals surface area contributed by atoms with E-state index in [2.05, 4.69) is 11.9 Å². The van der Waals surface area contributed by atoms with Crippen LogP contribution >= 0.6 is 0 Å². The van der Waals surface area contributed by atoms with Gasteiger partial charge in [-0.1, -0.05) is 0 Å². The minimum atomic E-state index is -3.10. The zero-order chi connectivity index (χ0) is 9.27. The molecule has 2 atom stereocenters. The molecule has 4 fully saturated rings. The molecule has 0 aromatic carbocycles. The van der Waals surface area contributed by atoms with Crippen LogP contribution in [-0.2, 0) is 10.2 Å². The van der Waals surface area contributed by atoms with Crippen LogP contribution < -0.4 is 24.0 Å². The molecular formula is C6H13IN4O2S. The van der Waals surface area contributed by atoms with Crippen molar-refractivity contribution in [3.63, 3.8) is 0 Å². The van der Waals surface area contributed by atoms with Crippen molar-refractivity contribution in [2.24, 2.45) is 0 Å². The lowest BCUT2D eigenvalue weighted by Crippen LogP contribution is -3.00. The minimum absolute atomic E-state index is 0. The zero-order valence-electron chi connectivity index (χ0n) is 7.93. The molecule has 0 radical (unpaired) electrons. The van der Waals surface area contributed by atoms with Gasteiger partial charge in [0, 0.05) is 0 Å². The van der Waals surface area contributed by atoms with E-state index in [0.717, 1.165) is 11.2 Å². The fourth-order valence-electron chi connectivity index (χ4n) is 2.50. The van der Waals surface area contributed by atoms with E-state index in [0.29, 0.717) is 26.7 Å². The normalized spacial score (nSPS) is 52.8. The Balaban J connectivity index is 0.000000750. The summed E-state index contributed by atoms with van der Waals surface area (Å²) in [6.45, 7) is 3.40. The second-order valence-electron chi connectivity index (χ2n) is 4.41. The third-order valence-electron chi connectivity index (χ3n) is 2.91. The molecule has 4 heterocycles. The average Bonchev–Trinajstić information content (AvgIpc) is 1.97. The number of halogens is 1. The largest absolute Gasteiger partial charge is 1.00 e. The van der Waals surface area contributed by atoms with Crippen molar-refractivity contribution in [3.05, 3.63) is 0 Å². The summed E-state index contributed by atoms with van der Waals surface area (Å²) in [5, 5.41) is 0. The van der Waals surface area contributed by atoms with E-state index in [4.69, 9.17) is 0 Å². The Kier molecular flexibility index (Phi) is 2.37. The first-order valence-corrected chi connectivity index (χ1v) is 5.70. The van der Waals surface area contributed by atoms with Crippen molar-refractivity contribution in [3.8, 4) is 0 Å². The summed E-state index contributed by atoms with van der Waals surface area (Å²) in [7, 11) is -1.000. The summed E-state index contributed by atoms with van der Waals surface area (Å²) >= 11 is 0. The van der Waals surface area contributed by atoms with Crippen LogP contribution in [0.4, 0.5) is 0 Å². The lowest BCUT2D eigenvalue weighted by molar-refractivity contribution is -0.952. The van der Waals surface area contributed by atoms with Crippen LogP contribution in [-0.4, -0.2) is 66.8 Å². The fraction of sp³-hybridized carbons (Fsp3) is 1.00. The highest BCUT2D eigenvalue weighted by Crippen LogP contribution is 2.31. The van der Waals surface area contributed by atoms with Crippen LogP contribution in [0.5, 0.6) is 0 Å². The van der Waals surface area contributed by atoms with Gasteiger partial charge in [-0.25, -0.2) is 4.90 Å². The van der Waals surface area contributed by atoms with Crippen molar-refractivity contribution in [1.82, 2.24) is 13.5 Å². The number of rotatable bonds is 0. The van der Waals surface area contributed by atoms with Gasteiger partial charge in [-0.15, -0.1) is 8.61 Å². The molecule has 4 aliphatic rings. The van der Waals surface area contributed by atoms with Crippen LogP contribution in [0, 0.1) is 0 Å². The molecule has 4 saturated heterocycles. The number of hydrogen-bond donors (Lipinski definition) is 0. The standard InChI is InChI=1S/C6H13N4O2S.HI/c1-10-4-7-2-8(5-10)13(11,12)9(3-7)6-10;/h2-6H2,1H3;1H/q+1;/p-1. The molecule has 8 heteroatoms. The highest BCUT2D eigenvalue weighted by Gasteiger charge is 2.54. The molecule has 0 aromatic heterocycles. The van der Waals surface area contributed by atoms with Crippen LogP contribution in [0.25, 0.3) is 0 Å².